The van der Waals surface area contributed by atoms with Crippen LogP contribution in [-0.4, -0.2) is 18.1 Å². The third-order valence-electron chi connectivity index (χ3n) is 2.26. The van der Waals surface area contributed by atoms with E-state index in [1.165, 1.54) is 6.26 Å². The first-order valence-corrected chi connectivity index (χ1v) is 4.67. The number of aromatic nitrogens is 1. The fourth-order valence-corrected chi connectivity index (χ4v) is 1.50. The summed E-state index contributed by atoms with van der Waals surface area (Å²) in [5.74, 6) is 1.75. The van der Waals surface area contributed by atoms with Gasteiger partial charge in [-0.3, -0.25) is 4.79 Å². The van der Waals surface area contributed by atoms with Gasteiger partial charge in [0.1, 0.15) is 12.0 Å². The van der Waals surface area contributed by atoms with Crippen LogP contribution in [0.1, 0.15) is 10.5 Å². The van der Waals surface area contributed by atoms with Crippen LogP contribution < -0.4 is 9.47 Å². The molecule has 0 saturated carbocycles. The Balaban J connectivity index is 2.03. The molecule has 5 heteroatoms. The molecule has 1 aromatic carbocycles. The number of rotatable bonds is 2. The molecule has 5 nitrogen and oxygen atoms in total. The quantitative estimate of drug-likeness (QED) is 0.718. The lowest BCUT2D eigenvalue weighted by Crippen LogP contribution is -1.92. The van der Waals surface area contributed by atoms with Gasteiger partial charge in [0, 0.05) is 5.56 Å². The van der Waals surface area contributed by atoms with Gasteiger partial charge in [0.2, 0.25) is 12.7 Å². The predicted molar refractivity (Wildman–Crippen MR) is 53.4 cm³/mol. The molecule has 0 saturated heterocycles. The minimum absolute atomic E-state index is 0.226. The SMILES string of the molecule is O=Cc1coc(-c2ccc3c(c2)OCO3)n1. The molecule has 1 aliphatic heterocycles. The molecule has 0 bridgehead atoms. The van der Waals surface area contributed by atoms with Crippen molar-refractivity contribution in [1.82, 2.24) is 4.98 Å². The number of nitrogens with zero attached hydrogens (tertiary/aromatic N) is 1. The molecule has 1 aromatic heterocycles. The molecule has 2 heterocycles. The van der Waals surface area contributed by atoms with Gasteiger partial charge >= 0.3 is 0 Å². The molecule has 2 aromatic rings. The summed E-state index contributed by atoms with van der Waals surface area (Å²) in [6.45, 7) is 0.226. The molecular weight excluding hydrogens is 210 g/mol. The lowest BCUT2D eigenvalue weighted by molar-refractivity contribution is 0.111. The summed E-state index contributed by atoms with van der Waals surface area (Å²) in [5, 5.41) is 0. The van der Waals surface area contributed by atoms with Gasteiger partial charge in [-0.2, -0.15) is 0 Å². The summed E-state index contributed by atoms with van der Waals surface area (Å²) in [4.78, 5) is 14.5. The Bertz CT molecular complexity index is 547. The minimum atomic E-state index is 0.226. The average molecular weight is 217 g/mol. The van der Waals surface area contributed by atoms with Crippen molar-refractivity contribution in [3.8, 4) is 23.0 Å². The van der Waals surface area contributed by atoms with Crippen LogP contribution in [0, 0.1) is 0 Å². The monoisotopic (exact) mass is 217 g/mol. The Morgan fingerprint density at radius 3 is 2.94 bits per heavy atom. The third-order valence-corrected chi connectivity index (χ3v) is 2.26. The first kappa shape index (κ1) is 8.96. The molecule has 0 fully saturated rings. The van der Waals surface area contributed by atoms with E-state index in [2.05, 4.69) is 4.98 Å². The fourth-order valence-electron chi connectivity index (χ4n) is 1.50. The van der Waals surface area contributed by atoms with Crippen molar-refractivity contribution in [3.05, 3.63) is 30.2 Å². The molecular formula is C11H7NO4. The molecule has 0 unspecified atom stereocenters. The summed E-state index contributed by atoms with van der Waals surface area (Å²) >= 11 is 0. The molecule has 16 heavy (non-hydrogen) atoms. The Labute approximate surface area is 90.6 Å². The number of hydrogen-bond acceptors (Lipinski definition) is 5. The van der Waals surface area contributed by atoms with Crippen LogP contribution in [0.4, 0.5) is 0 Å². The van der Waals surface area contributed by atoms with E-state index in [9.17, 15) is 4.79 Å². The van der Waals surface area contributed by atoms with Crippen molar-refractivity contribution in [2.45, 2.75) is 0 Å². The van der Waals surface area contributed by atoms with Crippen LogP contribution in [0.3, 0.4) is 0 Å². The molecule has 80 valence electrons. The Kier molecular flexibility index (Phi) is 1.89. The highest BCUT2D eigenvalue weighted by Crippen LogP contribution is 2.35. The van der Waals surface area contributed by atoms with Crippen LogP contribution in [0.2, 0.25) is 0 Å². The van der Waals surface area contributed by atoms with Gasteiger partial charge in [0.05, 0.1) is 0 Å². The molecule has 0 aliphatic carbocycles. The van der Waals surface area contributed by atoms with E-state index in [0.717, 1.165) is 5.56 Å². The topological polar surface area (TPSA) is 61.6 Å². The third kappa shape index (κ3) is 1.33. The summed E-state index contributed by atoms with van der Waals surface area (Å²) in [5.41, 5.74) is 1.02. The van der Waals surface area contributed by atoms with Gasteiger partial charge in [-0.15, -0.1) is 0 Å². The molecule has 1 aliphatic rings. The summed E-state index contributed by atoms with van der Waals surface area (Å²) in [7, 11) is 0. The van der Waals surface area contributed by atoms with E-state index >= 15 is 0 Å². The van der Waals surface area contributed by atoms with Crippen LogP contribution in [-0.2, 0) is 0 Å². The lowest BCUT2D eigenvalue weighted by atomic mass is 10.2. The molecule has 0 radical (unpaired) electrons. The van der Waals surface area contributed by atoms with Crippen LogP contribution in [0.15, 0.2) is 28.9 Å². The van der Waals surface area contributed by atoms with E-state index in [1.54, 1.807) is 18.2 Å². The number of carbonyl (C=O) groups excluding carboxylic acids is 1. The van der Waals surface area contributed by atoms with Crippen molar-refractivity contribution in [1.29, 1.82) is 0 Å². The maximum Gasteiger partial charge on any atom is 0.231 e. The minimum Gasteiger partial charge on any atom is -0.454 e. The molecule has 3 rings (SSSR count). The zero-order valence-electron chi connectivity index (χ0n) is 8.17. The van der Waals surface area contributed by atoms with E-state index in [0.29, 0.717) is 23.7 Å². The van der Waals surface area contributed by atoms with Crippen molar-refractivity contribution in [2.24, 2.45) is 0 Å². The number of oxazole rings is 1. The lowest BCUT2D eigenvalue weighted by Gasteiger charge is -1.97. The maximum atomic E-state index is 10.5. The van der Waals surface area contributed by atoms with Gasteiger partial charge in [0.25, 0.3) is 0 Å². The standard InChI is InChI=1S/C11H7NO4/c13-4-8-5-14-11(12-8)7-1-2-9-10(3-7)16-6-15-9/h1-5H,6H2. The van der Waals surface area contributed by atoms with E-state index < -0.39 is 0 Å². The van der Waals surface area contributed by atoms with E-state index in [4.69, 9.17) is 13.9 Å². The Morgan fingerprint density at radius 2 is 2.12 bits per heavy atom. The second kappa shape index (κ2) is 3.37. The van der Waals surface area contributed by atoms with Crippen molar-refractivity contribution >= 4 is 6.29 Å². The second-order valence-corrected chi connectivity index (χ2v) is 3.26. The highest BCUT2D eigenvalue weighted by Gasteiger charge is 2.15. The van der Waals surface area contributed by atoms with Crippen molar-refractivity contribution in [2.75, 3.05) is 6.79 Å². The smallest absolute Gasteiger partial charge is 0.231 e. The highest BCUT2D eigenvalue weighted by molar-refractivity contribution is 5.72. The number of benzene rings is 1. The number of hydrogen-bond donors (Lipinski definition) is 0. The predicted octanol–water partition coefficient (Wildman–Crippen LogP) is 1.88. The number of aldehydes is 1. The van der Waals surface area contributed by atoms with Gasteiger partial charge in [-0.25, -0.2) is 4.98 Å². The summed E-state index contributed by atoms with van der Waals surface area (Å²) < 4.78 is 15.6. The number of fused-ring (bicyclic) bond motifs is 1. The first-order valence-electron chi connectivity index (χ1n) is 4.67. The van der Waals surface area contributed by atoms with Crippen molar-refractivity contribution in [3.63, 3.8) is 0 Å². The first-order chi connectivity index (χ1) is 7.86. The Morgan fingerprint density at radius 1 is 1.25 bits per heavy atom. The maximum absolute atomic E-state index is 10.5. The fraction of sp³-hybridized carbons (Fsp3) is 0.0909. The van der Waals surface area contributed by atoms with E-state index in [-0.39, 0.29) is 12.5 Å². The van der Waals surface area contributed by atoms with Gasteiger partial charge in [0.15, 0.2) is 17.8 Å². The van der Waals surface area contributed by atoms with Crippen LogP contribution in [0.25, 0.3) is 11.5 Å². The average Bonchev–Trinajstić information content (AvgIpc) is 2.96. The van der Waals surface area contributed by atoms with Gasteiger partial charge < -0.3 is 13.9 Å². The molecule has 0 spiro atoms. The number of carbonyl (C=O) groups is 1. The van der Waals surface area contributed by atoms with E-state index in [1.807, 2.05) is 0 Å². The van der Waals surface area contributed by atoms with Crippen LogP contribution >= 0.6 is 0 Å². The van der Waals surface area contributed by atoms with Gasteiger partial charge in [-0.05, 0) is 18.2 Å². The Hall–Kier alpha value is -2.30. The largest absolute Gasteiger partial charge is 0.454 e. The highest BCUT2D eigenvalue weighted by atomic mass is 16.7. The van der Waals surface area contributed by atoms with Crippen molar-refractivity contribution < 1.29 is 18.7 Å². The number of ether oxygens (including phenoxy) is 2. The zero-order valence-corrected chi connectivity index (χ0v) is 8.17. The van der Waals surface area contributed by atoms with Gasteiger partial charge in [-0.1, -0.05) is 0 Å². The zero-order chi connectivity index (χ0) is 11.0. The molecule has 0 N–H and O–H groups in total. The molecule has 0 amide bonds. The molecule has 0 atom stereocenters. The van der Waals surface area contributed by atoms with Crippen LogP contribution in [0.5, 0.6) is 11.5 Å². The summed E-state index contributed by atoms with van der Waals surface area (Å²) in [6.07, 6.45) is 1.95. The summed E-state index contributed by atoms with van der Waals surface area (Å²) in [6, 6.07) is 5.35. The second-order valence-electron chi connectivity index (χ2n) is 3.26. The normalized spacial score (nSPS) is 12.8.